The highest BCUT2D eigenvalue weighted by molar-refractivity contribution is 5.27. The first-order chi connectivity index (χ1) is 10.3. The minimum Gasteiger partial charge on any atom is -0.659 e. The highest BCUT2D eigenvalue weighted by atomic mass is 15.0. The molecule has 0 heterocycles. The molecular weight excluding hydrogens is 266 g/mol. The Labute approximate surface area is 137 Å². The summed E-state index contributed by atoms with van der Waals surface area (Å²) in [6.45, 7) is 10.0. The first-order valence-corrected chi connectivity index (χ1v) is 9.64. The topological polar surface area (TPSA) is 14.1 Å². The molecule has 4 aliphatic carbocycles. The average Bonchev–Trinajstić information content (AvgIpc) is 2.45. The smallest absolute Gasteiger partial charge is 0.0141 e. The fourth-order valence-corrected chi connectivity index (χ4v) is 7.23. The second kappa shape index (κ2) is 4.85. The Kier molecular flexibility index (Phi) is 3.36. The molecule has 3 saturated carbocycles. The summed E-state index contributed by atoms with van der Waals surface area (Å²) < 4.78 is 0. The monoisotopic (exact) mass is 300 g/mol. The van der Waals surface area contributed by atoms with Crippen molar-refractivity contribution in [3.63, 3.8) is 0 Å². The number of allylic oxidation sites excluding steroid dienone is 2. The normalized spacial score (nSPS) is 52.7. The van der Waals surface area contributed by atoms with Crippen LogP contribution in [0.4, 0.5) is 0 Å². The lowest BCUT2D eigenvalue weighted by Gasteiger charge is -2.66. The van der Waals surface area contributed by atoms with Crippen molar-refractivity contribution in [2.45, 2.75) is 71.8 Å². The SMILES string of the molecule is C[N-][C@]1(C)CC[C@@H]2[C@@H]3[C@@H]4C(=CC[C@H]31)CC(C)(C)C[C@H]4C[C@H]2C. The van der Waals surface area contributed by atoms with Crippen molar-refractivity contribution in [3.05, 3.63) is 17.0 Å². The summed E-state index contributed by atoms with van der Waals surface area (Å²) >= 11 is 0. The molecule has 0 aromatic carbocycles. The highest BCUT2D eigenvalue weighted by Crippen LogP contribution is 2.64. The van der Waals surface area contributed by atoms with Crippen LogP contribution >= 0.6 is 0 Å². The van der Waals surface area contributed by atoms with Gasteiger partial charge < -0.3 is 5.32 Å². The van der Waals surface area contributed by atoms with E-state index < -0.39 is 0 Å². The van der Waals surface area contributed by atoms with Gasteiger partial charge in [0.25, 0.3) is 0 Å². The molecule has 0 radical (unpaired) electrons. The molecule has 0 spiro atoms. The van der Waals surface area contributed by atoms with E-state index in [1.54, 1.807) is 0 Å². The molecule has 1 nitrogen and oxygen atoms in total. The predicted molar refractivity (Wildman–Crippen MR) is 93.9 cm³/mol. The molecule has 0 aromatic rings. The summed E-state index contributed by atoms with van der Waals surface area (Å²) in [5.41, 5.74) is 2.62. The van der Waals surface area contributed by atoms with Crippen LogP contribution in [0.1, 0.15) is 66.2 Å². The molecule has 0 N–H and O–H groups in total. The Hall–Kier alpha value is -0.300. The molecule has 0 amide bonds. The summed E-state index contributed by atoms with van der Waals surface area (Å²) in [6, 6.07) is 0. The average molecular weight is 301 g/mol. The van der Waals surface area contributed by atoms with E-state index in [-0.39, 0.29) is 5.54 Å². The summed E-state index contributed by atoms with van der Waals surface area (Å²) in [7, 11) is 2.08. The van der Waals surface area contributed by atoms with Crippen LogP contribution in [0, 0.1) is 40.9 Å². The molecule has 22 heavy (non-hydrogen) atoms. The lowest BCUT2D eigenvalue weighted by molar-refractivity contribution is -0.0633. The van der Waals surface area contributed by atoms with E-state index in [0.717, 1.165) is 35.5 Å². The molecular formula is C21H34N-. The number of hydrogen-bond acceptors (Lipinski definition) is 0. The van der Waals surface area contributed by atoms with E-state index >= 15 is 0 Å². The number of nitrogens with zero attached hydrogens (tertiary/aromatic N) is 1. The first kappa shape index (κ1) is 15.2. The molecule has 4 aliphatic rings. The van der Waals surface area contributed by atoms with Crippen molar-refractivity contribution in [2.75, 3.05) is 7.05 Å². The quantitative estimate of drug-likeness (QED) is 0.542. The third-order valence-corrected chi connectivity index (χ3v) is 8.14. The van der Waals surface area contributed by atoms with Crippen molar-refractivity contribution in [1.82, 2.24) is 0 Å². The maximum atomic E-state index is 4.91. The molecule has 3 fully saturated rings. The molecule has 124 valence electrons. The van der Waals surface area contributed by atoms with E-state index in [4.69, 9.17) is 5.32 Å². The van der Waals surface area contributed by atoms with Gasteiger partial charge in [0.15, 0.2) is 0 Å². The van der Waals surface area contributed by atoms with Crippen molar-refractivity contribution in [2.24, 2.45) is 40.9 Å². The van der Waals surface area contributed by atoms with Crippen molar-refractivity contribution < 1.29 is 0 Å². The van der Waals surface area contributed by atoms with E-state index in [1.165, 1.54) is 38.5 Å². The van der Waals surface area contributed by atoms with E-state index in [9.17, 15) is 0 Å². The van der Waals surface area contributed by atoms with Gasteiger partial charge in [-0.25, -0.2) is 0 Å². The lowest BCUT2D eigenvalue weighted by Crippen LogP contribution is -2.56. The van der Waals surface area contributed by atoms with Crippen LogP contribution in [-0.4, -0.2) is 12.6 Å². The summed E-state index contributed by atoms with van der Waals surface area (Å²) in [6.07, 6.45) is 11.0. The van der Waals surface area contributed by atoms with Crippen LogP contribution in [-0.2, 0) is 0 Å². The standard InChI is InChI=1S/C21H34N/c1-13-10-15-12-20(2,3)11-14-6-7-17-19(18(14)15)16(13)8-9-21(17,4)22-5/h6,13,15-19H,7-12H2,1-5H3/q-1/t13-,15-,16+,17-,18-,19+,21-/m1/s1. The van der Waals surface area contributed by atoms with Gasteiger partial charge in [-0.1, -0.05) is 52.2 Å². The van der Waals surface area contributed by atoms with Crippen LogP contribution in [0.5, 0.6) is 0 Å². The van der Waals surface area contributed by atoms with Crippen LogP contribution in [0.15, 0.2) is 11.6 Å². The Morgan fingerprint density at radius 2 is 2.00 bits per heavy atom. The van der Waals surface area contributed by atoms with Gasteiger partial charge in [0, 0.05) is 0 Å². The summed E-state index contributed by atoms with van der Waals surface area (Å²) in [5.74, 6) is 5.53. The lowest BCUT2D eigenvalue weighted by atomic mass is 9.44. The Balaban J connectivity index is 1.76. The van der Waals surface area contributed by atoms with E-state index in [0.29, 0.717) is 5.41 Å². The third-order valence-electron chi connectivity index (χ3n) is 8.14. The van der Waals surface area contributed by atoms with Gasteiger partial charge in [-0.05, 0) is 66.6 Å². The van der Waals surface area contributed by atoms with Gasteiger partial charge in [-0.3, -0.25) is 0 Å². The molecule has 1 heteroatoms. The zero-order valence-corrected chi connectivity index (χ0v) is 15.2. The van der Waals surface area contributed by atoms with Gasteiger partial charge in [0.05, 0.1) is 0 Å². The molecule has 4 rings (SSSR count). The van der Waals surface area contributed by atoms with Gasteiger partial charge in [0.2, 0.25) is 0 Å². The van der Waals surface area contributed by atoms with Gasteiger partial charge in [-0.15, -0.1) is 5.54 Å². The van der Waals surface area contributed by atoms with Gasteiger partial charge >= 0.3 is 0 Å². The van der Waals surface area contributed by atoms with Crippen molar-refractivity contribution >= 4 is 0 Å². The zero-order valence-electron chi connectivity index (χ0n) is 15.2. The number of hydrogen-bond donors (Lipinski definition) is 0. The third kappa shape index (κ3) is 2.07. The maximum absolute atomic E-state index is 4.91. The second-order valence-electron chi connectivity index (χ2n) is 10.0. The molecule has 0 aromatic heterocycles. The van der Waals surface area contributed by atoms with Crippen molar-refractivity contribution in [1.29, 1.82) is 0 Å². The van der Waals surface area contributed by atoms with Gasteiger partial charge in [0.1, 0.15) is 0 Å². The predicted octanol–water partition coefficient (Wildman–Crippen LogP) is 5.81. The van der Waals surface area contributed by atoms with Crippen LogP contribution in [0.2, 0.25) is 0 Å². The van der Waals surface area contributed by atoms with E-state index in [1.807, 2.05) is 5.57 Å². The zero-order chi connectivity index (χ0) is 15.7. The molecule has 7 atom stereocenters. The molecule has 0 aliphatic heterocycles. The first-order valence-electron chi connectivity index (χ1n) is 9.64. The highest BCUT2D eigenvalue weighted by Gasteiger charge is 2.55. The second-order valence-corrected chi connectivity index (χ2v) is 10.0. The van der Waals surface area contributed by atoms with Crippen LogP contribution in [0.25, 0.3) is 5.32 Å². The Bertz CT molecular complexity index is 490. The maximum Gasteiger partial charge on any atom is -0.0141 e. The minimum atomic E-state index is 0.248. The fourth-order valence-electron chi connectivity index (χ4n) is 7.23. The fraction of sp³-hybridized carbons (Fsp3) is 0.905. The molecule has 0 saturated heterocycles. The molecule has 0 unspecified atom stereocenters. The van der Waals surface area contributed by atoms with Crippen molar-refractivity contribution in [3.8, 4) is 0 Å². The summed E-state index contributed by atoms with van der Waals surface area (Å²) in [4.78, 5) is 0. The van der Waals surface area contributed by atoms with Crippen LogP contribution in [0.3, 0.4) is 0 Å². The van der Waals surface area contributed by atoms with E-state index in [2.05, 4.69) is 40.8 Å². The van der Waals surface area contributed by atoms with Crippen LogP contribution < -0.4 is 0 Å². The minimum absolute atomic E-state index is 0.248. The summed E-state index contributed by atoms with van der Waals surface area (Å²) in [5, 5.41) is 4.91. The Morgan fingerprint density at radius 1 is 1.23 bits per heavy atom. The van der Waals surface area contributed by atoms with Gasteiger partial charge in [-0.2, -0.15) is 7.05 Å². The molecule has 0 bridgehead atoms. The number of rotatable bonds is 1. The Morgan fingerprint density at radius 3 is 2.73 bits per heavy atom. The largest absolute Gasteiger partial charge is 0.659 e.